The van der Waals surface area contributed by atoms with Crippen LogP contribution in [0.15, 0.2) is 78.9 Å². The topological polar surface area (TPSA) is 92.6 Å². The minimum Gasteiger partial charge on any atom is -0.507 e. The molecular weight excluding hydrogens is 382 g/mol. The van der Waals surface area contributed by atoms with Crippen LogP contribution in [0.3, 0.4) is 0 Å². The van der Waals surface area contributed by atoms with E-state index in [0.717, 1.165) is 5.56 Å². The van der Waals surface area contributed by atoms with E-state index < -0.39 is 17.7 Å². The zero-order valence-electron chi connectivity index (χ0n) is 16.2. The molecule has 1 N–H and O–H groups in total. The molecule has 4 rings (SSSR count). The van der Waals surface area contributed by atoms with E-state index in [1.807, 2.05) is 6.07 Å². The van der Waals surface area contributed by atoms with E-state index in [9.17, 15) is 14.7 Å². The van der Waals surface area contributed by atoms with Gasteiger partial charge in [-0.1, -0.05) is 24.3 Å². The Morgan fingerprint density at radius 1 is 1.03 bits per heavy atom. The number of aromatic nitrogens is 2. The molecule has 1 amide bonds. The van der Waals surface area contributed by atoms with Crippen LogP contribution in [-0.4, -0.2) is 38.8 Å². The zero-order chi connectivity index (χ0) is 21.1. The van der Waals surface area contributed by atoms with Crippen LogP contribution in [0, 0.1) is 0 Å². The molecule has 30 heavy (non-hydrogen) atoms. The van der Waals surface area contributed by atoms with Gasteiger partial charge < -0.3 is 14.7 Å². The van der Waals surface area contributed by atoms with E-state index in [2.05, 4.69) is 9.97 Å². The number of ether oxygens (including phenoxy) is 1. The van der Waals surface area contributed by atoms with Crippen molar-refractivity contribution in [1.82, 2.24) is 14.9 Å². The van der Waals surface area contributed by atoms with Crippen LogP contribution in [-0.2, 0) is 16.1 Å². The van der Waals surface area contributed by atoms with Crippen molar-refractivity contribution in [2.45, 2.75) is 12.6 Å². The second-order valence-electron chi connectivity index (χ2n) is 6.77. The van der Waals surface area contributed by atoms with Crippen molar-refractivity contribution in [3.8, 4) is 5.75 Å². The summed E-state index contributed by atoms with van der Waals surface area (Å²) in [6.45, 7) is 0.161. The lowest BCUT2D eigenvalue weighted by atomic mass is 9.94. The predicted molar refractivity (Wildman–Crippen MR) is 109 cm³/mol. The third-order valence-corrected chi connectivity index (χ3v) is 5.00. The fraction of sp³-hybridized carbons (Fsp3) is 0.130. The van der Waals surface area contributed by atoms with Crippen molar-refractivity contribution >= 4 is 17.4 Å². The van der Waals surface area contributed by atoms with Gasteiger partial charge in [-0.3, -0.25) is 19.6 Å². The lowest BCUT2D eigenvalue weighted by molar-refractivity contribution is -0.140. The van der Waals surface area contributed by atoms with Gasteiger partial charge in [0, 0.05) is 42.5 Å². The van der Waals surface area contributed by atoms with Crippen molar-refractivity contribution < 1.29 is 19.4 Å². The number of likely N-dealkylation sites (tertiary alicyclic amines) is 1. The highest BCUT2D eigenvalue weighted by molar-refractivity contribution is 6.46. The van der Waals surface area contributed by atoms with Gasteiger partial charge in [-0.25, -0.2) is 0 Å². The van der Waals surface area contributed by atoms with Gasteiger partial charge in [0.15, 0.2) is 0 Å². The van der Waals surface area contributed by atoms with Gasteiger partial charge in [-0.15, -0.1) is 0 Å². The first-order valence-electron chi connectivity index (χ1n) is 9.32. The van der Waals surface area contributed by atoms with Gasteiger partial charge >= 0.3 is 0 Å². The zero-order valence-corrected chi connectivity index (χ0v) is 16.2. The van der Waals surface area contributed by atoms with Crippen LogP contribution in [0.1, 0.15) is 22.7 Å². The van der Waals surface area contributed by atoms with Crippen molar-refractivity contribution in [3.63, 3.8) is 0 Å². The van der Waals surface area contributed by atoms with Crippen molar-refractivity contribution in [2.24, 2.45) is 0 Å². The Hall–Kier alpha value is -4.00. The smallest absolute Gasteiger partial charge is 0.295 e. The first-order valence-corrected chi connectivity index (χ1v) is 9.32. The lowest BCUT2D eigenvalue weighted by Crippen LogP contribution is -2.29. The molecule has 1 aromatic carbocycles. The maximum absolute atomic E-state index is 13.0. The number of methoxy groups -OCH3 is 1. The number of ketones is 1. The molecule has 0 saturated carbocycles. The molecule has 0 bridgehead atoms. The molecule has 1 aliphatic heterocycles. The number of hydrogen-bond acceptors (Lipinski definition) is 6. The molecule has 0 spiro atoms. The molecule has 7 nitrogen and oxygen atoms in total. The quantitative estimate of drug-likeness (QED) is 0.401. The number of nitrogens with zero attached hydrogens (tertiary/aromatic N) is 3. The Bertz CT molecular complexity index is 1110. The van der Waals surface area contributed by atoms with Crippen molar-refractivity contribution in [1.29, 1.82) is 0 Å². The third kappa shape index (κ3) is 3.41. The molecule has 7 heteroatoms. The molecule has 1 atom stereocenters. The molecule has 0 aliphatic carbocycles. The summed E-state index contributed by atoms with van der Waals surface area (Å²) in [5.41, 5.74) is 1.80. The third-order valence-electron chi connectivity index (χ3n) is 5.00. The number of carbonyl (C=O) groups is 2. The van der Waals surface area contributed by atoms with Gasteiger partial charge in [-0.2, -0.15) is 0 Å². The monoisotopic (exact) mass is 401 g/mol. The standard InChI is InChI=1S/C23H19N3O4/c1-30-18-7-3-2-6-17(18)20-19(21(27)16-8-11-24-12-9-16)22(28)23(29)26(20)14-15-5-4-10-25-13-15/h2-13,20,27H,14H2,1H3/b21-19-. The van der Waals surface area contributed by atoms with Gasteiger partial charge in [0.25, 0.3) is 11.7 Å². The summed E-state index contributed by atoms with van der Waals surface area (Å²) >= 11 is 0. The number of Topliss-reactive ketones (excluding diaryl/α,β-unsaturated/α-hetero) is 1. The van der Waals surface area contributed by atoms with E-state index in [0.29, 0.717) is 16.9 Å². The Morgan fingerprint density at radius 2 is 1.80 bits per heavy atom. The van der Waals surface area contributed by atoms with E-state index >= 15 is 0 Å². The van der Waals surface area contributed by atoms with Crippen LogP contribution >= 0.6 is 0 Å². The Labute approximate surface area is 173 Å². The van der Waals surface area contributed by atoms with E-state index in [4.69, 9.17) is 4.74 Å². The average molecular weight is 401 g/mol. The van der Waals surface area contributed by atoms with Crippen LogP contribution in [0.5, 0.6) is 5.75 Å². The largest absolute Gasteiger partial charge is 0.507 e. The summed E-state index contributed by atoms with van der Waals surface area (Å²) in [5, 5.41) is 11.0. The number of para-hydroxylation sites is 1. The SMILES string of the molecule is COc1ccccc1C1/C(=C(/O)c2ccncc2)C(=O)C(=O)N1Cc1cccnc1. The summed E-state index contributed by atoms with van der Waals surface area (Å²) in [4.78, 5) is 35.5. The number of hydrogen-bond donors (Lipinski definition) is 1. The van der Waals surface area contributed by atoms with Crippen LogP contribution < -0.4 is 4.74 Å². The molecule has 3 aromatic rings. The van der Waals surface area contributed by atoms with Gasteiger partial charge in [0.2, 0.25) is 0 Å². The van der Waals surface area contributed by atoms with Crippen LogP contribution in [0.2, 0.25) is 0 Å². The molecule has 1 unspecified atom stereocenters. The number of carbonyl (C=O) groups excluding carboxylic acids is 2. The molecule has 1 saturated heterocycles. The molecule has 0 radical (unpaired) electrons. The molecule has 3 heterocycles. The first kappa shape index (κ1) is 19.3. The Balaban J connectivity index is 1.90. The van der Waals surface area contributed by atoms with Gasteiger partial charge in [0.1, 0.15) is 11.5 Å². The summed E-state index contributed by atoms with van der Waals surface area (Å²) in [6, 6.07) is 13.1. The minimum absolute atomic E-state index is 0.0135. The highest BCUT2D eigenvalue weighted by atomic mass is 16.5. The van der Waals surface area contributed by atoms with Crippen LogP contribution in [0.4, 0.5) is 0 Å². The van der Waals surface area contributed by atoms with E-state index in [1.165, 1.54) is 24.4 Å². The van der Waals surface area contributed by atoms with E-state index in [-0.39, 0.29) is 17.9 Å². The number of amides is 1. The number of aliphatic hydroxyl groups is 1. The fourth-order valence-electron chi connectivity index (χ4n) is 3.61. The van der Waals surface area contributed by atoms with Crippen molar-refractivity contribution in [3.05, 3.63) is 95.6 Å². The predicted octanol–water partition coefficient (Wildman–Crippen LogP) is 3.11. The summed E-state index contributed by atoms with van der Waals surface area (Å²) in [6.07, 6.45) is 6.30. The molecule has 1 fully saturated rings. The number of rotatable bonds is 5. The molecule has 2 aromatic heterocycles. The van der Waals surface area contributed by atoms with Crippen molar-refractivity contribution in [2.75, 3.05) is 7.11 Å². The molecular formula is C23H19N3O4. The highest BCUT2D eigenvalue weighted by Crippen LogP contribution is 2.43. The fourth-order valence-corrected chi connectivity index (χ4v) is 3.61. The number of benzene rings is 1. The van der Waals surface area contributed by atoms with Gasteiger partial charge in [0.05, 0.1) is 18.7 Å². The Kier molecular flexibility index (Phi) is 5.26. The Morgan fingerprint density at radius 3 is 2.50 bits per heavy atom. The number of pyridine rings is 2. The maximum atomic E-state index is 13.0. The average Bonchev–Trinajstić information content (AvgIpc) is 3.04. The summed E-state index contributed by atoms with van der Waals surface area (Å²) < 4.78 is 5.48. The van der Waals surface area contributed by atoms with E-state index in [1.54, 1.807) is 54.9 Å². The second kappa shape index (κ2) is 8.16. The minimum atomic E-state index is -0.811. The second-order valence-corrected chi connectivity index (χ2v) is 6.77. The summed E-state index contributed by atoms with van der Waals surface area (Å²) in [7, 11) is 1.52. The van der Waals surface area contributed by atoms with Gasteiger partial charge in [-0.05, 0) is 29.8 Å². The first-order chi connectivity index (χ1) is 14.6. The highest BCUT2D eigenvalue weighted by Gasteiger charge is 2.47. The normalized spacial score (nSPS) is 17.9. The lowest BCUT2D eigenvalue weighted by Gasteiger charge is -2.26. The molecule has 150 valence electrons. The summed E-state index contributed by atoms with van der Waals surface area (Å²) in [5.74, 6) is -1.17. The number of aliphatic hydroxyl groups excluding tert-OH is 1. The maximum Gasteiger partial charge on any atom is 0.295 e. The molecule has 1 aliphatic rings. The van der Waals surface area contributed by atoms with Crippen LogP contribution in [0.25, 0.3) is 5.76 Å².